The van der Waals surface area contributed by atoms with Crippen LogP contribution in [0, 0.1) is 12.0 Å². The maximum absolute atomic E-state index is 3.39. The normalized spacial score (nSPS) is 14.9. The zero-order chi connectivity index (χ0) is 11.1. The van der Waals surface area contributed by atoms with Crippen LogP contribution in [0.2, 0.25) is 0 Å². The van der Waals surface area contributed by atoms with Gasteiger partial charge in [0, 0.05) is 0 Å². The molecule has 0 saturated heterocycles. The van der Waals surface area contributed by atoms with E-state index in [-0.39, 0.29) is 0 Å². The van der Waals surface area contributed by atoms with Crippen LogP contribution < -0.4 is 0 Å². The van der Waals surface area contributed by atoms with Gasteiger partial charge in [0.2, 0.25) is 0 Å². The van der Waals surface area contributed by atoms with Gasteiger partial charge >= 0.3 is 0 Å². The molecule has 0 aliphatic carbocycles. The number of hydrogen-bond acceptors (Lipinski definition) is 0. The van der Waals surface area contributed by atoms with Crippen molar-refractivity contribution in [3.63, 3.8) is 0 Å². The molecule has 0 N–H and O–H groups in total. The molecule has 0 aliphatic rings. The summed E-state index contributed by atoms with van der Waals surface area (Å²) in [4.78, 5) is 0. The van der Waals surface area contributed by atoms with Gasteiger partial charge in [-0.2, -0.15) is 0 Å². The Morgan fingerprint density at radius 3 is 2.60 bits per heavy atom. The molecule has 1 rings (SSSR count). The molecule has 0 heteroatoms. The Morgan fingerprint density at radius 1 is 1.27 bits per heavy atom. The highest BCUT2D eigenvalue weighted by Gasteiger charge is 2.16. The van der Waals surface area contributed by atoms with E-state index in [2.05, 4.69) is 45.0 Å². The van der Waals surface area contributed by atoms with Gasteiger partial charge < -0.3 is 0 Å². The van der Waals surface area contributed by atoms with Crippen LogP contribution in [0.4, 0.5) is 0 Å². The molecule has 0 bridgehead atoms. The monoisotopic (exact) mass is 203 g/mol. The van der Waals surface area contributed by atoms with E-state index in [4.69, 9.17) is 0 Å². The van der Waals surface area contributed by atoms with Gasteiger partial charge in [0.25, 0.3) is 0 Å². The third kappa shape index (κ3) is 3.70. The van der Waals surface area contributed by atoms with Crippen molar-refractivity contribution in [3.8, 4) is 0 Å². The van der Waals surface area contributed by atoms with Gasteiger partial charge in [-0.1, -0.05) is 64.3 Å². The molecule has 0 aromatic heterocycles. The summed E-state index contributed by atoms with van der Waals surface area (Å²) < 4.78 is 0. The van der Waals surface area contributed by atoms with E-state index in [1.807, 2.05) is 6.07 Å². The first-order chi connectivity index (χ1) is 7.29. The van der Waals surface area contributed by atoms with E-state index < -0.39 is 0 Å². The van der Waals surface area contributed by atoms with Crippen molar-refractivity contribution in [3.05, 3.63) is 35.9 Å². The lowest BCUT2D eigenvalue weighted by Gasteiger charge is -2.23. The average molecular weight is 203 g/mol. The first kappa shape index (κ1) is 12.3. The molecule has 0 fully saturated rings. The van der Waals surface area contributed by atoms with Crippen LogP contribution in [0.5, 0.6) is 0 Å². The molecule has 0 heterocycles. The first-order valence-corrected chi connectivity index (χ1v) is 6.26. The Morgan fingerprint density at radius 2 is 2.07 bits per heavy atom. The molecule has 1 radical (unpaired) electrons. The van der Waals surface area contributed by atoms with Gasteiger partial charge in [-0.05, 0) is 29.9 Å². The largest absolute Gasteiger partial charge is 0.0654 e. The molecule has 0 amide bonds. The highest BCUT2D eigenvalue weighted by molar-refractivity contribution is 5.18. The van der Waals surface area contributed by atoms with Crippen molar-refractivity contribution in [2.24, 2.45) is 5.92 Å². The molecule has 0 spiro atoms. The topological polar surface area (TPSA) is 0 Å². The number of benzene rings is 1. The summed E-state index contributed by atoms with van der Waals surface area (Å²) in [5.74, 6) is 1.48. The lowest BCUT2D eigenvalue weighted by molar-refractivity contribution is 0.411. The van der Waals surface area contributed by atoms with E-state index in [1.165, 1.54) is 31.2 Å². The maximum Gasteiger partial charge on any atom is -0.0130 e. The van der Waals surface area contributed by atoms with Gasteiger partial charge in [0.05, 0.1) is 0 Å². The third-order valence-corrected chi connectivity index (χ3v) is 3.33. The highest BCUT2D eigenvalue weighted by Crippen LogP contribution is 2.31. The zero-order valence-corrected chi connectivity index (χ0v) is 10.3. The quantitative estimate of drug-likeness (QED) is 0.622. The molecule has 0 nitrogen and oxygen atoms in total. The van der Waals surface area contributed by atoms with Crippen LogP contribution in [0.3, 0.4) is 0 Å². The second-order valence-corrected chi connectivity index (χ2v) is 4.45. The third-order valence-electron chi connectivity index (χ3n) is 3.33. The summed E-state index contributed by atoms with van der Waals surface area (Å²) in [6.07, 6.45) is 5.20. The molecule has 1 aromatic rings. The fourth-order valence-corrected chi connectivity index (χ4v) is 2.09. The van der Waals surface area contributed by atoms with Crippen molar-refractivity contribution in [1.29, 1.82) is 0 Å². The number of unbranched alkanes of at least 4 members (excludes halogenated alkanes) is 1. The van der Waals surface area contributed by atoms with Crippen molar-refractivity contribution in [1.82, 2.24) is 0 Å². The van der Waals surface area contributed by atoms with E-state index in [0.29, 0.717) is 5.92 Å². The van der Waals surface area contributed by atoms with Crippen LogP contribution in [-0.4, -0.2) is 0 Å². The minimum absolute atomic E-state index is 0.705. The molecule has 15 heavy (non-hydrogen) atoms. The van der Waals surface area contributed by atoms with Crippen molar-refractivity contribution in [2.45, 2.75) is 52.4 Å². The Labute approximate surface area is 94.7 Å². The summed E-state index contributed by atoms with van der Waals surface area (Å²) in [7, 11) is 0. The van der Waals surface area contributed by atoms with Crippen LogP contribution >= 0.6 is 0 Å². The predicted molar refractivity (Wildman–Crippen MR) is 67.0 cm³/mol. The van der Waals surface area contributed by atoms with Crippen LogP contribution in [0.25, 0.3) is 0 Å². The highest BCUT2D eigenvalue weighted by atomic mass is 14.2. The van der Waals surface area contributed by atoms with Gasteiger partial charge in [-0.15, -0.1) is 0 Å². The number of hydrogen-bond donors (Lipinski definition) is 0. The van der Waals surface area contributed by atoms with Crippen molar-refractivity contribution in [2.75, 3.05) is 0 Å². The maximum atomic E-state index is 3.39. The predicted octanol–water partition coefficient (Wildman–Crippen LogP) is 4.81. The van der Waals surface area contributed by atoms with E-state index in [1.54, 1.807) is 0 Å². The number of rotatable bonds is 6. The molecule has 0 saturated carbocycles. The Hall–Kier alpha value is -0.780. The lowest BCUT2D eigenvalue weighted by atomic mass is 9.82. The molecule has 83 valence electrons. The van der Waals surface area contributed by atoms with Gasteiger partial charge in [-0.3, -0.25) is 0 Å². The van der Waals surface area contributed by atoms with Crippen LogP contribution in [0.1, 0.15) is 57.9 Å². The first-order valence-electron chi connectivity index (χ1n) is 6.26. The van der Waals surface area contributed by atoms with Gasteiger partial charge in [0.1, 0.15) is 0 Å². The molecule has 1 aromatic carbocycles. The van der Waals surface area contributed by atoms with Crippen molar-refractivity contribution >= 4 is 0 Å². The van der Waals surface area contributed by atoms with Gasteiger partial charge in [-0.25, -0.2) is 0 Å². The summed E-state index contributed by atoms with van der Waals surface area (Å²) >= 11 is 0. The molecular weight excluding hydrogens is 180 g/mol. The second-order valence-electron chi connectivity index (χ2n) is 4.45. The van der Waals surface area contributed by atoms with Gasteiger partial charge in [0.15, 0.2) is 0 Å². The minimum atomic E-state index is 0.705. The zero-order valence-electron chi connectivity index (χ0n) is 10.3. The SMILES string of the molecule is CCCCC(c1[c]cccc1)C(C)CC. The standard InChI is InChI=1S/C15H23/c1-4-6-12-15(13(3)5-2)14-10-8-7-9-11-14/h7-10,13,15H,4-6,12H2,1-3H3. The Kier molecular flexibility index (Phi) is 5.45. The lowest BCUT2D eigenvalue weighted by Crippen LogP contribution is -2.09. The summed E-state index contributed by atoms with van der Waals surface area (Å²) in [6.45, 7) is 6.91. The molecule has 2 atom stereocenters. The second kappa shape index (κ2) is 6.66. The van der Waals surface area contributed by atoms with Crippen molar-refractivity contribution < 1.29 is 0 Å². The Bertz CT molecular complexity index is 250. The van der Waals surface area contributed by atoms with Crippen LogP contribution in [0.15, 0.2) is 24.3 Å². The van der Waals surface area contributed by atoms with E-state index in [0.717, 1.165) is 5.92 Å². The fraction of sp³-hybridized carbons (Fsp3) is 0.600. The van der Waals surface area contributed by atoms with Crippen LogP contribution in [-0.2, 0) is 0 Å². The average Bonchev–Trinajstić information content (AvgIpc) is 2.30. The molecule has 2 unspecified atom stereocenters. The summed E-state index contributed by atoms with van der Waals surface area (Å²) in [6, 6.07) is 11.8. The Balaban J connectivity index is 2.72. The minimum Gasteiger partial charge on any atom is -0.0654 e. The summed E-state index contributed by atoms with van der Waals surface area (Å²) in [5.41, 5.74) is 1.40. The fourth-order valence-electron chi connectivity index (χ4n) is 2.09. The molecular formula is C15H23. The van der Waals surface area contributed by atoms with E-state index >= 15 is 0 Å². The van der Waals surface area contributed by atoms with E-state index in [9.17, 15) is 0 Å². The summed E-state index contributed by atoms with van der Waals surface area (Å²) in [5, 5.41) is 0. The smallest absolute Gasteiger partial charge is 0.0130 e. The molecule has 0 aliphatic heterocycles.